The Balaban J connectivity index is 1.14. The Bertz CT molecular complexity index is 1630. The number of halogens is 4. The third-order valence-electron chi connectivity index (χ3n) is 8.11. The molecule has 2 amide bonds. The van der Waals surface area contributed by atoms with Crippen molar-refractivity contribution in [1.82, 2.24) is 24.3 Å². The number of hydrogen-bond acceptors (Lipinski definition) is 5. The first-order chi connectivity index (χ1) is 20.7. The average molecular weight is 597 g/mol. The zero-order valence-electron chi connectivity index (χ0n) is 23.7. The van der Waals surface area contributed by atoms with E-state index in [1.54, 1.807) is 11.0 Å². The molecule has 4 heterocycles. The van der Waals surface area contributed by atoms with E-state index in [9.17, 15) is 22.4 Å². The smallest absolute Gasteiger partial charge is 0.416 e. The second-order valence-corrected chi connectivity index (χ2v) is 10.9. The average Bonchev–Trinajstić information content (AvgIpc) is 3.38. The molecular formula is C31H32F4N6O2. The van der Waals surface area contributed by atoms with Gasteiger partial charge in [0.25, 0.3) is 0 Å². The number of nitrogens with zero attached hydrogens (tertiary/aromatic N) is 5. The fourth-order valence-corrected chi connectivity index (χ4v) is 5.70. The van der Waals surface area contributed by atoms with Gasteiger partial charge in [0.1, 0.15) is 17.1 Å². The maximum atomic E-state index is 14.1. The number of urea groups is 1. The van der Waals surface area contributed by atoms with E-state index in [4.69, 9.17) is 4.74 Å². The summed E-state index contributed by atoms with van der Waals surface area (Å²) in [4.78, 5) is 19.0. The molecule has 12 heteroatoms. The highest BCUT2D eigenvalue weighted by Gasteiger charge is 2.34. The third kappa shape index (κ3) is 6.45. The molecule has 1 saturated heterocycles. The number of fused-ring (bicyclic) bond motifs is 2. The summed E-state index contributed by atoms with van der Waals surface area (Å²) < 4.78 is 63.3. The fraction of sp³-hybridized carbons (Fsp3) is 0.355. The number of likely N-dealkylation sites (N-methyl/N-ethyl adjacent to an activating group) is 1. The molecular weight excluding hydrogens is 564 g/mol. The number of piperazine rings is 1. The molecule has 6 rings (SSSR count). The molecule has 0 atom stereocenters. The van der Waals surface area contributed by atoms with E-state index in [0.717, 1.165) is 36.8 Å². The molecule has 2 aliphatic heterocycles. The maximum absolute atomic E-state index is 14.1. The molecule has 8 nitrogen and oxygen atoms in total. The zero-order chi connectivity index (χ0) is 30.1. The summed E-state index contributed by atoms with van der Waals surface area (Å²) in [5, 5.41) is 6.74. The summed E-state index contributed by atoms with van der Waals surface area (Å²) >= 11 is 0. The largest absolute Gasteiger partial charge is 0.455 e. The number of carbonyl (C=O) groups excluding carboxylic acids is 1. The Hall–Kier alpha value is -4.16. The molecule has 1 N–H and O–H groups in total. The Morgan fingerprint density at radius 3 is 2.53 bits per heavy atom. The number of amides is 2. The van der Waals surface area contributed by atoms with Gasteiger partial charge in [-0.15, -0.1) is 0 Å². The molecule has 4 aromatic rings. The van der Waals surface area contributed by atoms with Gasteiger partial charge in [-0.1, -0.05) is 19.1 Å². The lowest BCUT2D eigenvalue weighted by atomic mass is 9.99. The molecule has 0 spiro atoms. The minimum Gasteiger partial charge on any atom is -0.455 e. The lowest BCUT2D eigenvalue weighted by molar-refractivity contribution is -0.138. The fourth-order valence-electron chi connectivity index (χ4n) is 5.70. The summed E-state index contributed by atoms with van der Waals surface area (Å²) in [6.45, 7) is 6.98. The van der Waals surface area contributed by atoms with Crippen molar-refractivity contribution in [3.63, 3.8) is 0 Å². The van der Waals surface area contributed by atoms with Crippen LogP contribution in [0.15, 0.2) is 60.9 Å². The van der Waals surface area contributed by atoms with E-state index in [1.807, 2.05) is 23.1 Å². The van der Waals surface area contributed by atoms with Crippen LogP contribution in [0.1, 0.15) is 29.2 Å². The maximum Gasteiger partial charge on any atom is 0.416 e. The predicted octanol–water partition coefficient (Wildman–Crippen LogP) is 6.01. The van der Waals surface area contributed by atoms with E-state index < -0.39 is 23.6 Å². The minimum absolute atomic E-state index is 0.0980. The van der Waals surface area contributed by atoms with Crippen molar-refractivity contribution in [3.05, 3.63) is 89.0 Å². The molecule has 0 unspecified atom stereocenters. The first kappa shape index (κ1) is 28.9. The van der Waals surface area contributed by atoms with Gasteiger partial charge in [-0.25, -0.2) is 13.7 Å². The van der Waals surface area contributed by atoms with Crippen LogP contribution in [-0.2, 0) is 25.7 Å². The Morgan fingerprint density at radius 1 is 0.977 bits per heavy atom. The summed E-state index contributed by atoms with van der Waals surface area (Å²) in [5.41, 5.74) is 1.95. The van der Waals surface area contributed by atoms with Crippen molar-refractivity contribution < 1.29 is 27.1 Å². The van der Waals surface area contributed by atoms with Crippen molar-refractivity contribution in [2.24, 2.45) is 0 Å². The van der Waals surface area contributed by atoms with Gasteiger partial charge in [-0.05, 0) is 53.9 Å². The van der Waals surface area contributed by atoms with E-state index in [1.165, 1.54) is 35.1 Å². The number of aromatic nitrogens is 2. The SMILES string of the molecule is CCN1CCN(Cc2ccc(NC(=O)N3CCc4ccc(Oc5ccnn6cc(F)cc56)cc4C3)cc2C(F)(F)F)CC1. The molecule has 226 valence electrons. The lowest BCUT2D eigenvalue weighted by Crippen LogP contribution is -2.45. The van der Waals surface area contributed by atoms with Crippen LogP contribution in [0, 0.1) is 5.82 Å². The molecule has 2 aromatic carbocycles. The van der Waals surface area contributed by atoms with E-state index in [0.29, 0.717) is 43.1 Å². The number of carbonyl (C=O) groups is 1. The first-order valence-electron chi connectivity index (χ1n) is 14.3. The molecule has 0 bridgehead atoms. The van der Waals surface area contributed by atoms with Crippen LogP contribution in [0.5, 0.6) is 11.5 Å². The quantitative estimate of drug-likeness (QED) is 0.276. The molecule has 43 heavy (non-hydrogen) atoms. The summed E-state index contributed by atoms with van der Waals surface area (Å²) in [7, 11) is 0. The molecule has 2 aromatic heterocycles. The number of alkyl halides is 3. The van der Waals surface area contributed by atoms with E-state index in [2.05, 4.69) is 22.2 Å². The highest BCUT2D eigenvalue weighted by molar-refractivity contribution is 5.89. The number of hydrogen-bond donors (Lipinski definition) is 1. The normalized spacial score (nSPS) is 16.3. The van der Waals surface area contributed by atoms with Crippen LogP contribution >= 0.6 is 0 Å². The van der Waals surface area contributed by atoms with Gasteiger partial charge in [0.2, 0.25) is 0 Å². The predicted molar refractivity (Wildman–Crippen MR) is 154 cm³/mol. The molecule has 1 fully saturated rings. The van der Waals surface area contributed by atoms with Crippen LogP contribution in [0.2, 0.25) is 0 Å². The second kappa shape index (κ2) is 11.8. The Morgan fingerprint density at radius 2 is 1.77 bits per heavy atom. The zero-order valence-corrected chi connectivity index (χ0v) is 23.7. The number of benzene rings is 2. The highest BCUT2D eigenvalue weighted by Crippen LogP contribution is 2.35. The van der Waals surface area contributed by atoms with Gasteiger partial charge >= 0.3 is 12.2 Å². The molecule has 0 radical (unpaired) electrons. The van der Waals surface area contributed by atoms with Crippen LogP contribution in [0.4, 0.5) is 28.0 Å². The van der Waals surface area contributed by atoms with Crippen LogP contribution in [-0.4, -0.2) is 69.6 Å². The third-order valence-corrected chi connectivity index (χ3v) is 8.11. The molecule has 2 aliphatic rings. The number of ether oxygens (including phenoxy) is 1. The molecule has 0 saturated carbocycles. The number of anilines is 1. The standard InChI is InChI=1S/C31H32F4N6O2/c1-2-38-11-13-39(14-12-38)18-22-3-5-25(17-27(22)31(33,34)35)37-30(42)40-10-8-21-4-6-26(15-23(21)19-40)43-29-7-9-36-41-20-24(32)16-28(29)41/h3-7,9,15-17,20H,2,8,10-14,18-19H2,1H3,(H,37,42). The van der Waals surface area contributed by atoms with E-state index >= 15 is 0 Å². The topological polar surface area (TPSA) is 65.3 Å². The monoisotopic (exact) mass is 596 g/mol. The van der Waals surface area contributed by atoms with Gasteiger partial charge in [0.05, 0.1) is 18.0 Å². The molecule has 0 aliphatic carbocycles. The first-order valence-corrected chi connectivity index (χ1v) is 14.3. The van der Waals surface area contributed by atoms with E-state index in [-0.39, 0.29) is 24.3 Å². The van der Waals surface area contributed by atoms with Gasteiger partial charge in [-0.3, -0.25) is 4.90 Å². The number of rotatable bonds is 6. The van der Waals surface area contributed by atoms with Crippen molar-refractivity contribution in [1.29, 1.82) is 0 Å². The Kier molecular flexibility index (Phi) is 7.97. The summed E-state index contributed by atoms with van der Waals surface area (Å²) in [6, 6.07) is 12.1. The summed E-state index contributed by atoms with van der Waals surface area (Å²) in [6.07, 6.45) is -1.19. The van der Waals surface area contributed by atoms with Crippen molar-refractivity contribution in [2.45, 2.75) is 32.6 Å². The van der Waals surface area contributed by atoms with Gasteiger partial charge in [0.15, 0.2) is 5.75 Å². The van der Waals surface area contributed by atoms with Gasteiger partial charge in [-0.2, -0.15) is 18.3 Å². The van der Waals surface area contributed by atoms with Crippen molar-refractivity contribution >= 4 is 17.2 Å². The van der Waals surface area contributed by atoms with Crippen LogP contribution in [0.25, 0.3) is 5.52 Å². The van der Waals surface area contributed by atoms with Gasteiger partial charge < -0.3 is 19.9 Å². The van der Waals surface area contributed by atoms with Crippen LogP contribution < -0.4 is 10.1 Å². The van der Waals surface area contributed by atoms with Crippen molar-refractivity contribution in [2.75, 3.05) is 44.6 Å². The summed E-state index contributed by atoms with van der Waals surface area (Å²) in [5.74, 6) is 0.506. The number of nitrogens with one attached hydrogen (secondary N) is 1. The Labute approximate surface area is 246 Å². The minimum atomic E-state index is -4.55. The second-order valence-electron chi connectivity index (χ2n) is 10.9. The van der Waals surface area contributed by atoms with Crippen molar-refractivity contribution in [3.8, 4) is 11.5 Å². The van der Waals surface area contributed by atoms with Crippen LogP contribution in [0.3, 0.4) is 0 Å². The lowest BCUT2D eigenvalue weighted by Gasteiger charge is -2.34. The van der Waals surface area contributed by atoms with Gasteiger partial charge in [0, 0.05) is 63.6 Å². The highest BCUT2D eigenvalue weighted by atomic mass is 19.4.